The van der Waals surface area contributed by atoms with Crippen molar-refractivity contribution in [1.82, 2.24) is 9.13 Å². The molecular formula is C74H44N2. The fourth-order valence-corrected chi connectivity index (χ4v) is 15.3. The smallest absolute Gasteiger partial charge is 0.0726 e. The van der Waals surface area contributed by atoms with Crippen molar-refractivity contribution in [2.45, 2.75) is 10.8 Å². The second kappa shape index (κ2) is 14.5. The summed E-state index contributed by atoms with van der Waals surface area (Å²) in [5.41, 5.74) is 30.2. The molecule has 4 aliphatic rings. The molecule has 0 radical (unpaired) electrons. The minimum Gasteiger partial charge on any atom is -0.309 e. The summed E-state index contributed by atoms with van der Waals surface area (Å²) in [6.45, 7) is 0. The summed E-state index contributed by atoms with van der Waals surface area (Å²) >= 11 is 0. The molecule has 2 aromatic heterocycles. The molecule has 12 aromatic carbocycles. The first-order chi connectivity index (χ1) is 37.7. The molecule has 0 saturated heterocycles. The van der Waals surface area contributed by atoms with Crippen molar-refractivity contribution in [3.8, 4) is 67.0 Å². The maximum Gasteiger partial charge on any atom is 0.0726 e. The predicted molar refractivity (Wildman–Crippen MR) is 313 cm³/mol. The summed E-state index contributed by atoms with van der Waals surface area (Å²) in [6, 6.07) is 101. The highest BCUT2D eigenvalue weighted by Crippen LogP contribution is 2.65. The molecule has 2 heteroatoms. The lowest BCUT2D eigenvalue weighted by Gasteiger charge is -2.30. The van der Waals surface area contributed by atoms with Gasteiger partial charge in [0, 0.05) is 32.9 Å². The maximum absolute atomic E-state index is 2.50. The van der Waals surface area contributed by atoms with E-state index >= 15 is 0 Å². The molecule has 0 N–H and O–H groups in total. The van der Waals surface area contributed by atoms with Crippen LogP contribution in [0.4, 0.5) is 0 Å². The summed E-state index contributed by atoms with van der Waals surface area (Å²) in [6.07, 6.45) is 0. The van der Waals surface area contributed by atoms with Crippen molar-refractivity contribution in [3.05, 3.63) is 311 Å². The molecule has 76 heavy (non-hydrogen) atoms. The van der Waals surface area contributed by atoms with Crippen LogP contribution in [0.25, 0.3) is 111 Å². The molecule has 0 saturated carbocycles. The minimum absolute atomic E-state index is 0.368. The lowest BCUT2D eigenvalue weighted by Crippen LogP contribution is -2.26. The van der Waals surface area contributed by atoms with Gasteiger partial charge in [-0.05, 0) is 161 Å². The van der Waals surface area contributed by atoms with E-state index in [4.69, 9.17) is 0 Å². The number of hydrogen-bond donors (Lipinski definition) is 0. The number of para-hydroxylation sites is 2. The van der Waals surface area contributed by atoms with Gasteiger partial charge in [0.2, 0.25) is 0 Å². The van der Waals surface area contributed by atoms with Gasteiger partial charge < -0.3 is 9.13 Å². The number of fused-ring (bicyclic) bond motifs is 26. The van der Waals surface area contributed by atoms with Crippen molar-refractivity contribution in [3.63, 3.8) is 0 Å². The number of nitrogens with zero attached hydrogens (tertiary/aromatic N) is 2. The van der Waals surface area contributed by atoms with Crippen LogP contribution in [0.5, 0.6) is 0 Å². The van der Waals surface area contributed by atoms with Gasteiger partial charge in [-0.1, -0.05) is 206 Å². The lowest BCUT2D eigenvalue weighted by molar-refractivity contribution is 0.792. The third-order valence-corrected chi connectivity index (χ3v) is 18.2. The Hall–Kier alpha value is -9.76. The average molecular weight is 961 g/mol. The monoisotopic (exact) mass is 960 g/mol. The Morgan fingerprint density at radius 1 is 0.197 bits per heavy atom. The van der Waals surface area contributed by atoms with Crippen LogP contribution in [0.1, 0.15) is 44.5 Å². The van der Waals surface area contributed by atoms with Gasteiger partial charge in [-0.3, -0.25) is 0 Å². The molecule has 0 unspecified atom stereocenters. The van der Waals surface area contributed by atoms with E-state index in [-0.39, 0.29) is 5.41 Å². The first-order valence-corrected chi connectivity index (χ1v) is 26.7. The third-order valence-electron chi connectivity index (χ3n) is 18.2. The average Bonchev–Trinajstić information content (AvgIpc) is 4.01. The molecule has 0 amide bonds. The predicted octanol–water partition coefficient (Wildman–Crippen LogP) is 18.2. The van der Waals surface area contributed by atoms with E-state index in [2.05, 4.69) is 276 Å². The normalized spacial score (nSPS) is 14.3. The number of benzene rings is 12. The Labute approximate surface area is 439 Å². The highest BCUT2D eigenvalue weighted by molar-refractivity contribution is 6.13. The Bertz CT molecular complexity index is 4790. The first-order valence-electron chi connectivity index (χ1n) is 26.7. The van der Waals surface area contributed by atoms with E-state index in [1.807, 2.05) is 0 Å². The summed E-state index contributed by atoms with van der Waals surface area (Å²) in [7, 11) is 0. The van der Waals surface area contributed by atoms with Crippen molar-refractivity contribution >= 4 is 43.6 Å². The van der Waals surface area contributed by atoms with Gasteiger partial charge in [0.25, 0.3) is 0 Å². The van der Waals surface area contributed by atoms with E-state index in [9.17, 15) is 0 Å². The molecule has 0 fully saturated rings. The fraction of sp³-hybridized carbons (Fsp3) is 0.0270. The Morgan fingerprint density at radius 3 is 0.961 bits per heavy atom. The maximum atomic E-state index is 2.50. The van der Waals surface area contributed by atoms with Crippen LogP contribution >= 0.6 is 0 Å². The molecular weight excluding hydrogens is 917 g/mol. The van der Waals surface area contributed by atoms with Crippen molar-refractivity contribution < 1.29 is 0 Å². The van der Waals surface area contributed by atoms with E-state index in [0.29, 0.717) is 0 Å². The largest absolute Gasteiger partial charge is 0.309 e. The van der Waals surface area contributed by atoms with Crippen LogP contribution in [-0.2, 0) is 10.8 Å². The van der Waals surface area contributed by atoms with E-state index in [1.54, 1.807) is 0 Å². The van der Waals surface area contributed by atoms with Gasteiger partial charge in [0.1, 0.15) is 0 Å². The fourth-order valence-electron chi connectivity index (χ4n) is 15.3. The van der Waals surface area contributed by atoms with Gasteiger partial charge in [-0.25, -0.2) is 0 Å². The summed E-state index contributed by atoms with van der Waals surface area (Å²) in [4.78, 5) is 0. The molecule has 2 spiro atoms. The van der Waals surface area contributed by atoms with Crippen molar-refractivity contribution in [2.24, 2.45) is 0 Å². The number of aromatic nitrogens is 2. The van der Waals surface area contributed by atoms with Crippen LogP contribution in [-0.4, -0.2) is 9.13 Å². The third kappa shape index (κ3) is 4.85. The van der Waals surface area contributed by atoms with Crippen LogP contribution < -0.4 is 0 Å². The van der Waals surface area contributed by atoms with Crippen molar-refractivity contribution in [1.29, 1.82) is 0 Å². The summed E-state index contributed by atoms with van der Waals surface area (Å²) in [5, 5.41) is 4.98. The van der Waals surface area contributed by atoms with Crippen LogP contribution in [0.2, 0.25) is 0 Å². The van der Waals surface area contributed by atoms with Gasteiger partial charge >= 0.3 is 0 Å². The molecule has 0 atom stereocenters. The quantitative estimate of drug-likeness (QED) is 0.167. The van der Waals surface area contributed by atoms with Gasteiger partial charge in [0.15, 0.2) is 0 Å². The zero-order valence-corrected chi connectivity index (χ0v) is 41.3. The molecule has 350 valence electrons. The number of rotatable bonds is 3. The van der Waals surface area contributed by atoms with Gasteiger partial charge in [-0.15, -0.1) is 0 Å². The molecule has 14 aromatic rings. The lowest BCUT2D eigenvalue weighted by atomic mass is 9.70. The molecule has 4 aliphatic carbocycles. The van der Waals surface area contributed by atoms with Crippen LogP contribution in [0, 0.1) is 0 Å². The van der Waals surface area contributed by atoms with Gasteiger partial charge in [-0.2, -0.15) is 0 Å². The zero-order chi connectivity index (χ0) is 49.4. The summed E-state index contributed by atoms with van der Waals surface area (Å²) in [5.74, 6) is 0. The Morgan fingerprint density at radius 2 is 0.513 bits per heavy atom. The van der Waals surface area contributed by atoms with E-state index in [0.717, 1.165) is 0 Å². The molecule has 18 rings (SSSR count). The summed E-state index contributed by atoms with van der Waals surface area (Å²) < 4.78 is 4.98. The minimum atomic E-state index is -0.410. The topological polar surface area (TPSA) is 9.86 Å². The first kappa shape index (κ1) is 40.7. The standard InChI is InChI=1S/C74H44N2/c1-9-25-61-49(17-1)50-18-2-10-26-62(50)73(61)66-30-14-6-22-54(66)58-43-47(36-38-67(58)73)75-69-31-15-7-23-56(69)59-41-45(33-39-71(59)75)46-34-40-72-60(42-46)57-24-8-16-32-70(57)76(72)48-35-37-55-53-21-5-13-29-65(53)74(68(55)44-48)63-27-11-3-19-51(63)52-20-4-12-28-64(52)74/h1-44H. The Kier molecular flexibility index (Phi) is 7.77. The van der Waals surface area contributed by atoms with Crippen LogP contribution in [0.15, 0.2) is 267 Å². The molecule has 0 bridgehead atoms. The van der Waals surface area contributed by atoms with E-state index in [1.165, 1.54) is 155 Å². The number of hydrogen-bond acceptors (Lipinski definition) is 0. The van der Waals surface area contributed by atoms with Crippen molar-refractivity contribution in [2.75, 3.05) is 0 Å². The molecule has 0 aliphatic heterocycles. The van der Waals surface area contributed by atoms with E-state index < -0.39 is 5.41 Å². The zero-order valence-electron chi connectivity index (χ0n) is 41.3. The van der Waals surface area contributed by atoms with Crippen LogP contribution in [0.3, 0.4) is 0 Å². The SMILES string of the molecule is c1ccc2c(c1)-c1ccccc1C21c2ccccc2-c2cc(-n3c4ccccc4c4cc(-c5ccc6c(c5)c5ccccc5n6-c5ccc6c(c5)C5(c7ccccc7-c7ccccc75)c5ccccc5-6)ccc43)ccc21. The highest BCUT2D eigenvalue weighted by Gasteiger charge is 2.53. The molecule has 2 nitrogen and oxygen atoms in total. The highest BCUT2D eigenvalue weighted by atomic mass is 15.0. The van der Waals surface area contributed by atoms with Gasteiger partial charge in [0.05, 0.1) is 32.9 Å². The second-order valence-electron chi connectivity index (χ2n) is 21.4. The molecule has 2 heterocycles. The second-order valence-corrected chi connectivity index (χ2v) is 21.4. The Balaban J connectivity index is 0.787.